The van der Waals surface area contributed by atoms with Crippen molar-refractivity contribution in [2.24, 2.45) is 0 Å². The van der Waals surface area contributed by atoms with E-state index in [1.807, 2.05) is 4.90 Å². The highest BCUT2D eigenvalue weighted by atomic mass is 35.5. The van der Waals surface area contributed by atoms with E-state index in [4.69, 9.17) is 28.6 Å². The lowest BCUT2D eigenvalue weighted by Crippen LogP contribution is -2.34. The van der Waals surface area contributed by atoms with Crippen molar-refractivity contribution in [3.05, 3.63) is 86.9 Å². The SMILES string of the molecule is COc1cc(NC(=S)NC(=O)c2ccc(N3CCCCC3)c([N+](=O)[O-])c2)ccc1NC(=O)c1ccccc1Cl. The number of thiocarbonyl (C=S) groups is 1. The molecule has 2 amide bonds. The van der Waals surface area contributed by atoms with Crippen molar-refractivity contribution in [1.29, 1.82) is 0 Å². The van der Waals surface area contributed by atoms with Gasteiger partial charge in [0.1, 0.15) is 11.4 Å². The number of methoxy groups -OCH3 is 1. The maximum Gasteiger partial charge on any atom is 0.293 e. The Hall–Kier alpha value is -4.22. The first kappa shape index (κ1) is 27.8. The van der Waals surface area contributed by atoms with Gasteiger partial charge in [-0.25, -0.2) is 0 Å². The molecule has 0 atom stereocenters. The maximum absolute atomic E-state index is 12.8. The molecular weight excluding hydrogens is 542 g/mol. The fourth-order valence-electron chi connectivity index (χ4n) is 4.26. The summed E-state index contributed by atoms with van der Waals surface area (Å²) in [5, 5.41) is 20.2. The molecule has 12 heteroatoms. The zero-order valence-electron chi connectivity index (χ0n) is 21.0. The predicted molar refractivity (Wildman–Crippen MR) is 155 cm³/mol. The number of carbonyl (C=O) groups is 2. The fourth-order valence-corrected chi connectivity index (χ4v) is 4.69. The second-order valence-electron chi connectivity index (χ2n) is 8.77. The van der Waals surface area contributed by atoms with Crippen LogP contribution in [0.15, 0.2) is 60.7 Å². The van der Waals surface area contributed by atoms with Crippen LogP contribution in [0, 0.1) is 10.1 Å². The Bertz CT molecular complexity index is 1430. The van der Waals surface area contributed by atoms with Gasteiger partial charge in [-0.05, 0) is 67.9 Å². The highest BCUT2D eigenvalue weighted by Crippen LogP contribution is 2.32. The molecule has 0 bridgehead atoms. The second kappa shape index (κ2) is 12.5. The first-order chi connectivity index (χ1) is 18.8. The fraction of sp³-hybridized carbons (Fsp3) is 0.222. The Morgan fingerprint density at radius 3 is 2.44 bits per heavy atom. The average molecular weight is 568 g/mol. The summed E-state index contributed by atoms with van der Waals surface area (Å²) in [5.41, 5.74) is 1.70. The Labute approximate surface area is 235 Å². The number of nitrogens with zero attached hydrogens (tertiary/aromatic N) is 2. The van der Waals surface area contributed by atoms with E-state index in [0.717, 1.165) is 32.4 Å². The molecule has 39 heavy (non-hydrogen) atoms. The van der Waals surface area contributed by atoms with Crippen molar-refractivity contribution in [3.8, 4) is 5.75 Å². The molecular formula is C27H26ClN5O5S. The van der Waals surface area contributed by atoms with Crippen LogP contribution in [0.3, 0.4) is 0 Å². The van der Waals surface area contributed by atoms with Gasteiger partial charge >= 0.3 is 0 Å². The van der Waals surface area contributed by atoms with Crippen molar-refractivity contribution in [2.75, 3.05) is 35.7 Å². The van der Waals surface area contributed by atoms with Crippen LogP contribution in [0.5, 0.6) is 5.75 Å². The largest absolute Gasteiger partial charge is 0.494 e. The number of ether oxygens (including phenoxy) is 1. The number of nitro benzene ring substituents is 1. The third-order valence-electron chi connectivity index (χ3n) is 6.18. The van der Waals surface area contributed by atoms with Gasteiger partial charge in [0.15, 0.2) is 5.11 Å². The molecule has 1 aliphatic rings. The quantitative estimate of drug-likeness (QED) is 0.191. The lowest BCUT2D eigenvalue weighted by atomic mass is 10.1. The van der Waals surface area contributed by atoms with Crippen molar-refractivity contribution < 1.29 is 19.2 Å². The summed E-state index contributed by atoms with van der Waals surface area (Å²) < 4.78 is 5.40. The van der Waals surface area contributed by atoms with Gasteiger partial charge in [-0.3, -0.25) is 25.0 Å². The maximum atomic E-state index is 12.8. The number of hydrogen-bond donors (Lipinski definition) is 3. The van der Waals surface area contributed by atoms with Gasteiger partial charge in [0, 0.05) is 36.5 Å². The number of nitrogens with one attached hydrogen (secondary N) is 3. The van der Waals surface area contributed by atoms with Crippen molar-refractivity contribution in [3.63, 3.8) is 0 Å². The van der Waals surface area contributed by atoms with E-state index >= 15 is 0 Å². The summed E-state index contributed by atoms with van der Waals surface area (Å²) >= 11 is 11.4. The molecule has 202 valence electrons. The number of hydrogen-bond acceptors (Lipinski definition) is 7. The number of rotatable bonds is 7. The first-order valence-corrected chi connectivity index (χ1v) is 12.9. The van der Waals surface area contributed by atoms with E-state index in [1.54, 1.807) is 54.6 Å². The average Bonchev–Trinajstić information content (AvgIpc) is 2.94. The zero-order chi connectivity index (χ0) is 27.9. The van der Waals surface area contributed by atoms with Crippen molar-refractivity contribution in [1.82, 2.24) is 5.32 Å². The number of halogens is 1. The molecule has 1 aliphatic heterocycles. The van der Waals surface area contributed by atoms with Crippen LogP contribution in [0.1, 0.15) is 40.0 Å². The topological polar surface area (TPSA) is 126 Å². The summed E-state index contributed by atoms with van der Waals surface area (Å²) in [7, 11) is 1.45. The van der Waals surface area contributed by atoms with Crippen LogP contribution in [0.2, 0.25) is 5.02 Å². The summed E-state index contributed by atoms with van der Waals surface area (Å²) in [6.07, 6.45) is 3.04. The molecule has 1 heterocycles. The van der Waals surface area contributed by atoms with Crippen molar-refractivity contribution in [2.45, 2.75) is 19.3 Å². The molecule has 0 aliphatic carbocycles. The number of piperidine rings is 1. The number of nitro groups is 1. The molecule has 1 fully saturated rings. The van der Waals surface area contributed by atoms with Gasteiger partial charge in [-0.2, -0.15) is 0 Å². The summed E-state index contributed by atoms with van der Waals surface area (Å²) in [6, 6.07) is 15.9. The summed E-state index contributed by atoms with van der Waals surface area (Å²) in [6.45, 7) is 1.48. The predicted octanol–water partition coefficient (Wildman–Crippen LogP) is 5.63. The van der Waals surface area contributed by atoms with Gasteiger partial charge < -0.3 is 20.3 Å². The normalized spacial score (nSPS) is 12.8. The Balaban J connectivity index is 1.42. The van der Waals surface area contributed by atoms with E-state index in [9.17, 15) is 19.7 Å². The third kappa shape index (κ3) is 6.81. The van der Waals surface area contributed by atoms with Crippen LogP contribution in [-0.2, 0) is 0 Å². The number of carbonyl (C=O) groups excluding carboxylic acids is 2. The Kier molecular flexibility index (Phi) is 8.95. The standard InChI is InChI=1S/C27H26ClN5O5S/c1-38-24-16-18(10-11-21(24)30-26(35)19-7-3-4-8-20(19)28)29-27(39)31-25(34)17-9-12-22(23(15-17)33(36)37)32-13-5-2-6-14-32/h3-4,7-12,15-16H,2,5-6,13-14H2,1H3,(H,30,35)(H2,29,31,34,39). The van der Waals surface area contributed by atoms with Crippen LogP contribution >= 0.6 is 23.8 Å². The van der Waals surface area contributed by atoms with E-state index < -0.39 is 16.7 Å². The number of benzene rings is 3. The molecule has 0 radical (unpaired) electrons. The molecule has 0 unspecified atom stereocenters. The molecule has 0 spiro atoms. The summed E-state index contributed by atoms with van der Waals surface area (Å²) in [5.74, 6) is -0.641. The van der Waals surface area contributed by atoms with Gasteiger partial charge in [0.25, 0.3) is 17.5 Å². The van der Waals surface area contributed by atoms with E-state index in [0.29, 0.717) is 33.4 Å². The van der Waals surface area contributed by atoms with Gasteiger partial charge in [0.2, 0.25) is 0 Å². The monoisotopic (exact) mass is 567 g/mol. The smallest absolute Gasteiger partial charge is 0.293 e. The molecule has 0 saturated carbocycles. The molecule has 10 nitrogen and oxygen atoms in total. The number of anilines is 3. The highest BCUT2D eigenvalue weighted by molar-refractivity contribution is 7.80. The minimum Gasteiger partial charge on any atom is -0.494 e. The molecule has 3 aromatic rings. The lowest BCUT2D eigenvalue weighted by molar-refractivity contribution is -0.384. The van der Waals surface area contributed by atoms with E-state index in [2.05, 4.69) is 16.0 Å². The lowest BCUT2D eigenvalue weighted by Gasteiger charge is -2.28. The molecule has 0 aromatic heterocycles. The third-order valence-corrected chi connectivity index (χ3v) is 6.72. The molecule has 3 N–H and O–H groups in total. The van der Waals surface area contributed by atoms with Gasteiger partial charge in [0.05, 0.1) is 28.3 Å². The first-order valence-electron chi connectivity index (χ1n) is 12.2. The second-order valence-corrected chi connectivity index (χ2v) is 9.58. The number of amides is 2. The highest BCUT2D eigenvalue weighted by Gasteiger charge is 2.23. The van der Waals surface area contributed by atoms with Gasteiger partial charge in [-0.1, -0.05) is 23.7 Å². The van der Waals surface area contributed by atoms with E-state index in [-0.39, 0.29) is 16.4 Å². The van der Waals surface area contributed by atoms with Crippen molar-refractivity contribution >= 4 is 63.5 Å². The van der Waals surface area contributed by atoms with Gasteiger partial charge in [-0.15, -0.1) is 0 Å². The van der Waals surface area contributed by atoms with Crippen LogP contribution in [-0.4, -0.2) is 42.0 Å². The zero-order valence-corrected chi connectivity index (χ0v) is 22.6. The van der Waals surface area contributed by atoms with Crippen LogP contribution < -0.4 is 25.6 Å². The Morgan fingerprint density at radius 2 is 1.74 bits per heavy atom. The Morgan fingerprint density at radius 1 is 1.00 bits per heavy atom. The molecule has 3 aromatic carbocycles. The molecule has 4 rings (SSSR count). The minimum absolute atomic E-state index is 0.0160. The van der Waals surface area contributed by atoms with E-state index in [1.165, 1.54) is 13.2 Å². The molecule has 1 saturated heterocycles. The summed E-state index contributed by atoms with van der Waals surface area (Å²) in [4.78, 5) is 38.6. The van der Waals surface area contributed by atoms with Crippen LogP contribution in [0.25, 0.3) is 0 Å². The minimum atomic E-state index is -0.587. The van der Waals surface area contributed by atoms with Crippen LogP contribution in [0.4, 0.5) is 22.7 Å².